The Morgan fingerprint density at radius 1 is 1.75 bits per heavy atom. The Labute approximate surface area is 64.1 Å². The number of amidine groups is 1. The highest BCUT2D eigenvalue weighted by molar-refractivity contribution is 8.13. The lowest BCUT2D eigenvalue weighted by Gasteiger charge is -1.89. The minimum Gasteiger partial charge on any atom is -0.379 e. The van der Waals surface area contributed by atoms with E-state index < -0.39 is 0 Å². The van der Waals surface area contributed by atoms with Crippen LogP contribution in [0, 0.1) is 5.41 Å². The second kappa shape index (κ2) is 7.40. The van der Waals surface area contributed by atoms with Crippen molar-refractivity contribution in [2.75, 3.05) is 11.6 Å². The van der Waals surface area contributed by atoms with E-state index in [4.69, 9.17) is 22.7 Å². The van der Waals surface area contributed by atoms with Crippen LogP contribution < -0.4 is 5.73 Å². The zero-order chi connectivity index (χ0) is 5.70. The highest BCUT2D eigenvalue weighted by Crippen LogP contribution is 1.96. The maximum atomic E-state index is 6.68. The van der Waals surface area contributed by atoms with Gasteiger partial charge in [-0.2, -0.15) is 0 Å². The Morgan fingerprint density at radius 3 is 2.38 bits per heavy atom. The van der Waals surface area contributed by atoms with E-state index in [0.717, 1.165) is 5.75 Å². The van der Waals surface area contributed by atoms with Crippen LogP contribution in [0.15, 0.2) is 0 Å². The highest BCUT2D eigenvalue weighted by atomic mass is 35.5. The summed E-state index contributed by atoms with van der Waals surface area (Å²) < 4.78 is 0. The molecular weight excluding hydrogens is 167 g/mol. The van der Waals surface area contributed by atoms with Gasteiger partial charge in [-0.05, 0) is 0 Å². The van der Waals surface area contributed by atoms with E-state index in [1.165, 1.54) is 11.8 Å². The van der Waals surface area contributed by atoms with Crippen LogP contribution >= 0.6 is 35.8 Å². The van der Waals surface area contributed by atoms with Gasteiger partial charge in [-0.1, -0.05) is 11.8 Å². The summed E-state index contributed by atoms with van der Waals surface area (Å²) in [7, 11) is 0. The molecule has 0 radical (unpaired) electrons. The number of alkyl halides is 1. The van der Waals surface area contributed by atoms with Crippen LogP contribution in [0.2, 0.25) is 0 Å². The van der Waals surface area contributed by atoms with Gasteiger partial charge in [0.15, 0.2) is 5.17 Å². The molecule has 0 aromatic rings. The zero-order valence-corrected chi connectivity index (χ0v) is 6.57. The molecule has 0 heterocycles. The van der Waals surface area contributed by atoms with Crippen molar-refractivity contribution < 1.29 is 0 Å². The second-order valence-corrected chi connectivity index (χ2v) is 2.42. The molecule has 0 amide bonds. The largest absolute Gasteiger partial charge is 0.379 e. The third-order valence-corrected chi connectivity index (χ3v) is 1.47. The molecule has 0 atom stereocenters. The number of thioether (sulfide) groups is 1. The Balaban J connectivity index is 0. The first-order valence-electron chi connectivity index (χ1n) is 1.80. The van der Waals surface area contributed by atoms with Crippen molar-refractivity contribution in [3.8, 4) is 0 Å². The molecule has 0 rings (SSSR count). The molecule has 8 heavy (non-hydrogen) atoms. The molecule has 2 nitrogen and oxygen atoms in total. The summed E-state index contributed by atoms with van der Waals surface area (Å²) in [6.07, 6.45) is 0. The highest BCUT2D eigenvalue weighted by Gasteiger charge is 1.85. The average Bonchev–Trinajstić information content (AvgIpc) is 1.61. The molecule has 0 aromatic heterocycles. The van der Waals surface area contributed by atoms with Crippen LogP contribution in [-0.2, 0) is 0 Å². The number of nitrogens with one attached hydrogen (secondary N) is 1. The van der Waals surface area contributed by atoms with E-state index in [2.05, 4.69) is 0 Å². The van der Waals surface area contributed by atoms with E-state index in [-0.39, 0.29) is 17.6 Å². The van der Waals surface area contributed by atoms with Gasteiger partial charge < -0.3 is 5.73 Å². The van der Waals surface area contributed by atoms with Crippen LogP contribution in [-0.4, -0.2) is 16.8 Å². The molecule has 50 valence electrons. The summed E-state index contributed by atoms with van der Waals surface area (Å²) in [5.41, 5.74) is 4.97. The molecule has 0 aliphatic rings. The number of hydrogen-bond donors (Lipinski definition) is 2. The molecule has 0 fully saturated rings. The molecule has 0 unspecified atom stereocenters. The minimum absolute atomic E-state index is 0. The summed E-state index contributed by atoms with van der Waals surface area (Å²) >= 11 is 6.53. The molecule has 3 N–H and O–H groups in total. The minimum atomic E-state index is 0. The second-order valence-electron chi connectivity index (χ2n) is 0.902. The molecule has 0 spiro atoms. The maximum Gasteiger partial charge on any atom is 0.151 e. The zero-order valence-electron chi connectivity index (χ0n) is 4.19. The number of hydrogen-bond acceptors (Lipinski definition) is 2. The summed E-state index contributed by atoms with van der Waals surface area (Å²) in [5.74, 6) is 1.29. The number of halogens is 2. The van der Waals surface area contributed by atoms with Crippen LogP contribution in [0.5, 0.6) is 0 Å². The summed E-state index contributed by atoms with van der Waals surface area (Å²) in [6.45, 7) is 0. The van der Waals surface area contributed by atoms with Gasteiger partial charge in [0.2, 0.25) is 0 Å². The van der Waals surface area contributed by atoms with Crippen LogP contribution in [0.3, 0.4) is 0 Å². The van der Waals surface area contributed by atoms with E-state index in [1.54, 1.807) is 0 Å². The lowest BCUT2D eigenvalue weighted by Crippen LogP contribution is -2.04. The fourth-order valence-electron chi connectivity index (χ4n) is 0.149. The van der Waals surface area contributed by atoms with Crippen molar-refractivity contribution in [2.24, 2.45) is 5.73 Å². The van der Waals surface area contributed by atoms with Gasteiger partial charge in [-0.25, -0.2) is 0 Å². The van der Waals surface area contributed by atoms with E-state index in [0.29, 0.717) is 5.88 Å². The molecule has 0 aromatic carbocycles. The van der Waals surface area contributed by atoms with Crippen molar-refractivity contribution in [1.82, 2.24) is 0 Å². The first-order chi connectivity index (χ1) is 3.27. The lowest BCUT2D eigenvalue weighted by molar-refractivity contribution is 1.49. The molecule has 0 bridgehead atoms. The normalized spacial score (nSPS) is 7.62. The predicted octanol–water partition coefficient (Wildman–Crippen LogP) is 1.27. The smallest absolute Gasteiger partial charge is 0.151 e. The summed E-state index contributed by atoms with van der Waals surface area (Å²) in [5, 5.41) is 6.82. The first kappa shape index (κ1) is 11.2. The van der Waals surface area contributed by atoms with Crippen molar-refractivity contribution in [2.45, 2.75) is 0 Å². The SMILES string of the molecule is Cl.N=C(N)SCCCl. The standard InChI is InChI=1S/C3H7ClN2S.ClH/c4-1-2-7-3(5)6;/h1-2H2,(H3,5,6);1H. The topological polar surface area (TPSA) is 49.9 Å². The number of rotatable bonds is 2. The Bertz CT molecular complexity index is 68.3. The fourth-order valence-corrected chi connectivity index (χ4v) is 0.677. The van der Waals surface area contributed by atoms with Crippen molar-refractivity contribution >= 4 is 40.9 Å². The van der Waals surface area contributed by atoms with Crippen molar-refractivity contribution in [1.29, 1.82) is 5.41 Å². The average molecular weight is 175 g/mol. The van der Waals surface area contributed by atoms with Gasteiger partial charge in [0.05, 0.1) is 0 Å². The van der Waals surface area contributed by atoms with Crippen LogP contribution in [0.1, 0.15) is 0 Å². The van der Waals surface area contributed by atoms with Gasteiger partial charge in [0.25, 0.3) is 0 Å². The fraction of sp³-hybridized carbons (Fsp3) is 0.667. The summed E-state index contributed by atoms with van der Waals surface area (Å²) in [4.78, 5) is 0. The Hall–Kier alpha value is 0.400. The predicted molar refractivity (Wildman–Crippen MR) is 42.3 cm³/mol. The van der Waals surface area contributed by atoms with Crippen molar-refractivity contribution in [3.05, 3.63) is 0 Å². The van der Waals surface area contributed by atoms with Gasteiger partial charge in [-0.15, -0.1) is 24.0 Å². The monoisotopic (exact) mass is 174 g/mol. The third kappa shape index (κ3) is 9.64. The molecule has 0 saturated carbocycles. The Morgan fingerprint density at radius 2 is 2.25 bits per heavy atom. The van der Waals surface area contributed by atoms with Crippen LogP contribution in [0.25, 0.3) is 0 Å². The van der Waals surface area contributed by atoms with E-state index in [9.17, 15) is 0 Å². The van der Waals surface area contributed by atoms with Crippen LogP contribution in [0.4, 0.5) is 0 Å². The van der Waals surface area contributed by atoms with Gasteiger partial charge in [0.1, 0.15) is 0 Å². The third-order valence-electron chi connectivity index (χ3n) is 0.335. The molecular formula is C3H8Cl2N2S. The maximum absolute atomic E-state index is 6.68. The van der Waals surface area contributed by atoms with Gasteiger partial charge in [-0.3, -0.25) is 5.41 Å². The number of nitrogens with two attached hydrogens (primary N) is 1. The first-order valence-corrected chi connectivity index (χ1v) is 3.32. The van der Waals surface area contributed by atoms with Gasteiger partial charge in [0, 0.05) is 11.6 Å². The molecule has 5 heteroatoms. The Kier molecular flexibility index (Phi) is 10.4. The molecule has 0 aliphatic carbocycles. The van der Waals surface area contributed by atoms with E-state index in [1.807, 2.05) is 0 Å². The lowest BCUT2D eigenvalue weighted by atomic mass is 11.0. The summed E-state index contributed by atoms with van der Waals surface area (Å²) in [6, 6.07) is 0. The van der Waals surface area contributed by atoms with E-state index >= 15 is 0 Å². The quantitative estimate of drug-likeness (QED) is 0.377. The molecule has 0 aliphatic heterocycles. The van der Waals surface area contributed by atoms with Crippen molar-refractivity contribution in [3.63, 3.8) is 0 Å². The molecule has 0 saturated heterocycles. The van der Waals surface area contributed by atoms with Gasteiger partial charge >= 0.3 is 0 Å².